The van der Waals surface area contributed by atoms with Gasteiger partial charge in [0.25, 0.3) is 0 Å². The second-order valence-electron chi connectivity index (χ2n) is 7.49. The molecule has 2 aromatic rings. The molecule has 1 atom stereocenters. The van der Waals surface area contributed by atoms with Crippen molar-refractivity contribution in [3.8, 4) is 0 Å². The second kappa shape index (κ2) is 6.27. The van der Waals surface area contributed by atoms with Crippen molar-refractivity contribution in [2.45, 2.75) is 31.7 Å². The van der Waals surface area contributed by atoms with Crippen LogP contribution in [-0.4, -0.2) is 46.5 Å². The van der Waals surface area contributed by atoms with Crippen molar-refractivity contribution in [3.05, 3.63) is 42.2 Å². The van der Waals surface area contributed by atoms with Crippen LogP contribution < -0.4 is 10.2 Å². The lowest BCUT2D eigenvalue weighted by Crippen LogP contribution is -2.28. The van der Waals surface area contributed by atoms with E-state index in [1.807, 2.05) is 12.3 Å². The van der Waals surface area contributed by atoms with Crippen molar-refractivity contribution in [1.82, 2.24) is 14.9 Å². The van der Waals surface area contributed by atoms with Gasteiger partial charge in [-0.3, -0.25) is 4.79 Å². The van der Waals surface area contributed by atoms with Crippen LogP contribution in [0, 0.1) is 5.92 Å². The Bertz CT molecular complexity index is 820. The monoisotopic (exact) mass is 349 g/mol. The van der Waals surface area contributed by atoms with E-state index >= 15 is 0 Å². The molecule has 134 valence electrons. The number of anilines is 3. The highest BCUT2D eigenvalue weighted by molar-refractivity contribution is 5.79. The topological polar surface area (TPSA) is 61.4 Å². The van der Waals surface area contributed by atoms with E-state index in [0.29, 0.717) is 30.2 Å². The molecule has 6 heteroatoms. The Kier molecular flexibility index (Phi) is 3.76. The molecule has 1 aromatic heterocycles. The molecule has 1 amide bonds. The summed E-state index contributed by atoms with van der Waals surface area (Å²) in [5.41, 5.74) is 3.37. The number of fused-ring (bicyclic) bond motifs is 1. The molecule has 26 heavy (non-hydrogen) atoms. The third-order valence-electron chi connectivity index (χ3n) is 5.55. The molecule has 1 saturated carbocycles. The molecule has 3 heterocycles. The standard InChI is InChI=1S/C20H23N5O/c26-19-10-14(13-25(19)16-6-7-16)11-21-20-22-12-18-17(23-20)8-9-24(18)15-4-2-1-3-5-15/h1-5,12,14,16H,6-11,13H2,(H,21,22,23)/t14-/m1/s1. The molecule has 2 aliphatic heterocycles. The van der Waals surface area contributed by atoms with Gasteiger partial charge in [-0.05, 0) is 25.0 Å². The number of likely N-dealkylation sites (tertiary alicyclic amines) is 1. The average molecular weight is 349 g/mol. The Labute approximate surface area is 153 Å². The fourth-order valence-corrected chi connectivity index (χ4v) is 4.04. The third kappa shape index (κ3) is 2.89. The minimum absolute atomic E-state index is 0.313. The maximum Gasteiger partial charge on any atom is 0.223 e. The number of hydrogen-bond acceptors (Lipinski definition) is 5. The van der Waals surface area contributed by atoms with E-state index < -0.39 is 0 Å². The number of nitrogens with one attached hydrogen (secondary N) is 1. The Morgan fingerprint density at radius 2 is 2.04 bits per heavy atom. The molecule has 5 rings (SSSR count). The normalized spacial score (nSPS) is 22.0. The van der Waals surface area contributed by atoms with Gasteiger partial charge < -0.3 is 15.1 Å². The highest BCUT2D eigenvalue weighted by Crippen LogP contribution is 2.34. The maximum atomic E-state index is 12.1. The lowest BCUT2D eigenvalue weighted by atomic mass is 10.1. The lowest BCUT2D eigenvalue weighted by Gasteiger charge is -2.19. The third-order valence-corrected chi connectivity index (χ3v) is 5.55. The van der Waals surface area contributed by atoms with Crippen molar-refractivity contribution < 1.29 is 4.79 Å². The number of benzene rings is 1. The molecule has 1 N–H and O–H groups in total. The summed E-state index contributed by atoms with van der Waals surface area (Å²) in [6.07, 6.45) is 5.85. The lowest BCUT2D eigenvalue weighted by molar-refractivity contribution is -0.128. The summed E-state index contributed by atoms with van der Waals surface area (Å²) >= 11 is 0. The minimum Gasteiger partial charge on any atom is -0.354 e. The van der Waals surface area contributed by atoms with Crippen LogP contribution in [0.15, 0.2) is 36.5 Å². The first kappa shape index (κ1) is 15.6. The predicted octanol–water partition coefficient (Wildman–Crippen LogP) is 2.59. The molecule has 3 aliphatic rings. The first-order valence-electron chi connectivity index (χ1n) is 9.50. The highest BCUT2D eigenvalue weighted by atomic mass is 16.2. The predicted molar refractivity (Wildman–Crippen MR) is 101 cm³/mol. The number of amides is 1. The van der Waals surface area contributed by atoms with E-state index in [-0.39, 0.29) is 0 Å². The van der Waals surface area contributed by atoms with Gasteiger partial charge in [0.1, 0.15) is 0 Å². The molecular formula is C20H23N5O. The van der Waals surface area contributed by atoms with Gasteiger partial charge in [0.2, 0.25) is 11.9 Å². The summed E-state index contributed by atoms with van der Waals surface area (Å²) < 4.78 is 0. The Morgan fingerprint density at radius 1 is 1.19 bits per heavy atom. The van der Waals surface area contributed by atoms with E-state index in [1.165, 1.54) is 18.5 Å². The van der Waals surface area contributed by atoms with E-state index in [0.717, 1.165) is 37.4 Å². The maximum absolute atomic E-state index is 12.1. The molecule has 6 nitrogen and oxygen atoms in total. The summed E-state index contributed by atoms with van der Waals surface area (Å²) in [4.78, 5) is 25.6. The number of carbonyl (C=O) groups excluding carboxylic acids is 1. The zero-order valence-corrected chi connectivity index (χ0v) is 14.8. The summed E-state index contributed by atoms with van der Waals surface area (Å²) in [6.45, 7) is 2.57. The fourth-order valence-electron chi connectivity index (χ4n) is 4.04. The van der Waals surface area contributed by atoms with Gasteiger partial charge in [0.15, 0.2) is 0 Å². The summed E-state index contributed by atoms with van der Waals surface area (Å²) in [5.74, 6) is 1.35. The van der Waals surface area contributed by atoms with Crippen LogP contribution in [0.5, 0.6) is 0 Å². The zero-order valence-electron chi connectivity index (χ0n) is 14.8. The highest BCUT2D eigenvalue weighted by Gasteiger charge is 2.39. The number of nitrogens with zero attached hydrogens (tertiary/aromatic N) is 4. The van der Waals surface area contributed by atoms with Crippen LogP contribution in [0.25, 0.3) is 0 Å². The number of aromatic nitrogens is 2. The van der Waals surface area contributed by atoms with Crippen molar-refractivity contribution in [1.29, 1.82) is 0 Å². The van der Waals surface area contributed by atoms with Crippen LogP contribution in [0.4, 0.5) is 17.3 Å². The van der Waals surface area contributed by atoms with Crippen LogP contribution in [0.1, 0.15) is 25.0 Å². The van der Waals surface area contributed by atoms with Crippen LogP contribution in [0.3, 0.4) is 0 Å². The van der Waals surface area contributed by atoms with E-state index in [1.54, 1.807) is 0 Å². The molecule has 1 saturated heterocycles. The molecule has 0 radical (unpaired) electrons. The summed E-state index contributed by atoms with van der Waals surface area (Å²) in [7, 11) is 0. The Morgan fingerprint density at radius 3 is 2.85 bits per heavy atom. The molecule has 2 fully saturated rings. The van der Waals surface area contributed by atoms with Crippen LogP contribution >= 0.6 is 0 Å². The first-order valence-corrected chi connectivity index (χ1v) is 9.50. The number of hydrogen-bond donors (Lipinski definition) is 1. The zero-order chi connectivity index (χ0) is 17.5. The molecule has 0 unspecified atom stereocenters. The van der Waals surface area contributed by atoms with E-state index in [9.17, 15) is 4.79 Å². The molecular weight excluding hydrogens is 326 g/mol. The Balaban J connectivity index is 1.24. The number of rotatable bonds is 5. The van der Waals surface area contributed by atoms with Crippen LogP contribution in [-0.2, 0) is 11.2 Å². The largest absolute Gasteiger partial charge is 0.354 e. The second-order valence-corrected chi connectivity index (χ2v) is 7.49. The van der Waals surface area contributed by atoms with E-state index in [4.69, 9.17) is 4.98 Å². The van der Waals surface area contributed by atoms with Gasteiger partial charge in [0, 0.05) is 50.1 Å². The van der Waals surface area contributed by atoms with Crippen molar-refractivity contribution in [2.24, 2.45) is 5.92 Å². The van der Waals surface area contributed by atoms with Gasteiger partial charge in [-0.1, -0.05) is 18.2 Å². The van der Waals surface area contributed by atoms with Crippen molar-refractivity contribution >= 4 is 23.2 Å². The smallest absolute Gasteiger partial charge is 0.223 e. The van der Waals surface area contributed by atoms with Gasteiger partial charge in [-0.2, -0.15) is 0 Å². The number of para-hydroxylation sites is 1. The molecule has 1 aromatic carbocycles. The van der Waals surface area contributed by atoms with Crippen molar-refractivity contribution in [3.63, 3.8) is 0 Å². The number of carbonyl (C=O) groups is 1. The Hall–Kier alpha value is -2.63. The van der Waals surface area contributed by atoms with Crippen molar-refractivity contribution in [2.75, 3.05) is 29.9 Å². The molecule has 1 aliphatic carbocycles. The van der Waals surface area contributed by atoms with Crippen LogP contribution in [0.2, 0.25) is 0 Å². The summed E-state index contributed by atoms with van der Waals surface area (Å²) in [6, 6.07) is 10.9. The van der Waals surface area contributed by atoms with Gasteiger partial charge in [0.05, 0.1) is 17.6 Å². The average Bonchev–Trinajstić information content (AvgIpc) is 3.32. The quantitative estimate of drug-likeness (QED) is 0.899. The van der Waals surface area contributed by atoms with Gasteiger partial charge >= 0.3 is 0 Å². The minimum atomic E-state index is 0.313. The SMILES string of the molecule is O=C1C[C@H](CNc2ncc3c(n2)CCN3c2ccccc2)CN1C1CC1. The summed E-state index contributed by atoms with van der Waals surface area (Å²) in [5, 5.41) is 3.35. The fraction of sp³-hybridized carbons (Fsp3) is 0.450. The van der Waals surface area contributed by atoms with E-state index in [2.05, 4.69) is 44.4 Å². The van der Waals surface area contributed by atoms with Gasteiger partial charge in [-0.25, -0.2) is 9.97 Å². The van der Waals surface area contributed by atoms with Gasteiger partial charge in [-0.15, -0.1) is 0 Å². The first-order chi connectivity index (χ1) is 12.8. The molecule has 0 spiro atoms. The molecule has 0 bridgehead atoms.